The van der Waals surface area contributed by atoms with Gasteiger partial charge in [0.05, 0.1) is 22.3 Å². The molecule has 5 N–H and O–H groups in total. The number of amides is 1. The van der Waals surface area contributed by atoms with Gasteiger partial charge in [0.25, 0.3) is 0 Å². The molecule has 0 saturated carbocycles. The first-order chi connectivity index (χ1) is 14.4. The van der Waals surface area contributed by atoms with E-state index in [1.807, 2.05) is 24.0 Å². The number of anilines is 2. The van der Waals surface area contributed by atoms with Gasteiger partial charge in [-0.2, -0.15) is 5.10 Å². The molecule has 0 radical (unpaired) electrons. The van der Waals surface area contributed by atoms with Crippen molar-refractivity contribution in [3.8, 4) is 0 Å². The molecule has 1 aromatic heterocycles. The van der Waals surface area contributed by atoms with E-state index >= 15 is 0 Å². The summed E-state index contributed by atoms with van der Waals surface area (Å²) >= 11 is 5.95. The molecule has 1 aliphatic heterocycles. The van der Waals surface area contributed by atoms with E-state index in [4.69, 9.17) is 21.9 Å². The van der Waals surface area contributed by atoms with Gasteiger partial charge in [-0.25, -0.2) is 27.1 Å². The smallest absolute Gasteiger partial charge is 0.240 e. The zero-order valence-corrected chi connectivity index (χ0v) is 18.8. The van der Waals surface area contributed by atoms with Crippen LogP contribution in [0.3, 0.4) is 0 Å². The van der Waals surface area contributed by atoms with Gasteiger partial charge >= 0.3 is 0 Å². The summed E-state index contributed by atoms with van der Waals surface area (Å²) in [5, 5.41) is 20.6. The molecule has 14 heteroatoms. The molecule has 168 valence electrons. The highest BCUT2D eigenvalue weighted by Gasteiger charge is 2.29. The van der Waals surface area contributed by atoms with Crippen LogP contribution >= 0.6 is 11.6 Å². The first-order valence-corrected chi connectivity index (χ1v) is 12.6. The first-order valence-electron chi connectivity index (χ1n) is 9.11. The second-order valence-corrected chi connectivity index (χ2v) is 10.6. The number of sulfonamides is 2. The van der Waals surface area contributed by atoms with Crippen LogP contribution in [0.4, 0.5) is 11.5 Å². The quantitative estimate of drug-likeness (QED) is 0.546. The normalized spacial score (nSPS) is 17.4. The Morgan fingerprint density at radius 2 is 1.81 bits per heavy atom. The summed E-state index contributed by atoms with van der Waals surface area (Å²) in [5.41, 5.74) is 0.544. The number of halogens is 1. The van der Waals surface area contributed by atoms with E-state index < -0.39 is 41.7 Å². The summed E-state index contributed by atoms with van der Waals surface area (Å²) < 4.78 is 47.3. The fourth-order valence-corrected chi connectivity index (χ4v) is 5.15. The number of piperidine rings is 1. The minimum atomic E-state index is -4.39. The van der Waals surface area contributed by atoms with Crippen molar-refractivity contribution < 1.29 is 21.6 Å². The van der Waals surface area contributed by atoms with E-state index in [0.29, 0.717) is 31.7 Å². The molecule has 1 saturated heterocycles. The van der Waals surface area contributed by atoms with Gasteiger partial charge in [-0.15, -0.1) is 5.10 Å². The number of aromatic nitrogens is 2. The summed E-state index contributed by atoms with van der Waals surface area (Å²) in [6.07, 6.45) is 1.27. The topological polar surface area (TPSA) is 178 Å². The highest BCUT2D eigenvalue weighted by molar-refractivity contribution is 7.90. The van der Waals surface area contributed by atoms with Crippen molar-refractivity contribution in [2.24, 2.45) is 16.2 Å². The number of carbonyl (C=O) groups excluding carboxylic acids is 1. The van der Waals surface area contributed by atoms with Gasteiger partial charge in [0.2, 0.25) is 26.0 Å². The van der Waals surface area contributed by atoms with Crippen molar-refractivity contribution in [2.45, 2.75) is 29.6 Å². The van der Waals surface area contributed by atoms with Crippen LogP contribution < -0.4 is 20.5 Å². The van der Waals surface area contributed by atoms with E-state index in [1.165, 1.54) is 0 Å². The monoisotopic (exact) mass is 488 g/mol. The Morgan fingerprint density at radius 3 is 2.39 bits per heavy atom. The standard InChI is InChI=1S/C17H21ClN6O5S2/c1-10-4-5-16(23-22-10)24-6-2-3-11(9-24)17(25)21-13-7-12(18)14(30(19,26)27)8-15(13)31(20,28)29/h4-5,7-8,11H,2-3,6,9H2,1H3,(H,21,25)(H2,19,26,27)(H2,20,28,29). The molecule has 2 aromatic rings. The van der Waals surface area contributed by atoms with Crippen molar-refractivity contribution in [3.63, 3.8) is 0 Å². The lowest BCUT2D eigenvalue weighted by Crippen LogP contribution is -2.41. The minimum absolute atomic E-state index is 0.225. The zero-order chi connectivity index (χ0) is 23.0. The molecule has 0 bridgehead atoms. The molecule has 1 amide bonds. The molecule has 1 aliphatic rings. The SMILES string of the molecule is Cc1ccc(N2CCCC(C(=O)Nc3cc(Cl)c(S(N)(=O)=O)cc3S(N)(=O)=O)C2)nn1. The van der Waals surface area contributed by atoms with E-state index in [0.717, 1.165) is 17.8 Å². The molecule has 1 aromatic carbocycles. The molecule has 1 unspecified atom stereocenters. The second-order valence-electron chi connectivity index (χ2n) is 7.18. The fourth-order valence-electron chi connectivity index (χ4n) is 3.28. The number of carbonyl (C=O) groups is 1. The number of primary sulfonamides is 2. The van der Waals surface area contributed by atoms with Crippen LogP contribution in [-0.4, -0.2) is 46.0 Å². The molecule has 1 fully saturated rings. The third kappa shape index (κ3) is 5.49. The molecule has 0 spiro atoms. The van der Waals surface area contributed by atoms with Crippen LogP contribution in [0.5, 0.6) is 0 Å². The Hall–Kier alpha value is -2.32. The Balaban J connectivity index is 1.87. The van der Waals surface area contributed by atoms with Crippen molar-refractivity contribution >= 4 is 49.1 Å². The Labute approximate surface area is 184 Å². The summed E-state index contributed by atoms with van der Waals surface area (Å²) in [6, 6.07) is 5.37. The lowest BCUT2D eigenvalue weighted by molar-refractivity contribution is -0.120. The highest BCUT2D eigenvalue weighted by atomic mass is 35.5. The fraction of sp³-hybridized carbons (Fsp3) is 0.353. The van der Waals surface area contributed by atoms with Gasteiger partial charge in [0.15, 0.2) is 5.82 Å². The molecule has 2 heterocycles. The maximum Gasteiger partial charge on any atom is 0.240 e. The predicted octanol–water partition coefficient (Wildman–Crippen LogP) is 0.588. The van der Waals surface area contributed by atoms with E-state index in [2.05, 4.69) is 15.5 Å². The van der Waals surface area contributed by atoms with Gasteiger partial charge in [-0.1, -0.05) is 11.6 Å². The maximum atomic E-state index is 12.9. The molecule has 11 nitrogen and oxygen atoms in total. The summed E-state index contributed by atoms with van der Waals surface area (Å²) in [6.45, 7) is 2.86. The molecular weight excluding hydrogens is 468 g/mol. The van der Waals surface area contributed by atoms with E-state index in [-0.39, 0.29) is 10.7 Å². The van der Waals surface area contributed by atoms with Crippen molar-refractivity contribution in [1.29, 1.82) is 0 Å². The molecule has 31 heavy (non-hydrogen) atoms. The average molecular weight is 489 g/mol. The van der Waals surface area contributed by atoms with Gasteiger partial charge in [-0.05, 0) is 44.0 Å². The van der Waals surface area contributed by atoms with Crippen molar-refractivity contribution in [3.05, 3.63) is 35.0 Å². The number of nitrogens with two attached hydrogens (primary N) is 2. The van der Waals surface area contributed by atoms with Crippen molar-refractivity contribution in [2.75, 3.05) is 23.3 Å². The average Bonchev–Trinajstić information content (AvgIpc) is 2.66. The largest absolute Gasteiger partial charge is 0.354 e. The van der Waals surface area contributed by atoms with Crippen molar-refractivity contribution in [1.82, 2.24) is 10.2 Å². The number of hydrogen-bond acceptors (Lipinski definition) is 8. The summed E-state index contributed by atoms with van der Waals surface area (Å²) in [5.74, 6) is -0.315. The number of nitrogens with one attached hydrogen (secondary N) is 1. The van der Waals surface area contributed by atoms with Gasteiger partial charge < -0.3 is 10.2 Å². The lowest BCUT2D eigenvalue weighted by atomic mass is 9.97. The van der Waals surface area contributed by atoms with Crippen LogP contribution in [0.2, 0.25) is 5.02 Å². The van der Waals surface area contributed by atoms with Crippen LogP contribution in [-0.2, 0) is 24.8 Å². The number of rotatable bonds is 5. The highest BCUT2D eigenvalue weighted by Crippen LogP contribution is 2.31. The Bertz CT molecular complexity index is 1220. The van der Waals surface area contributed by atoms with Gasteiger partial charge in [0, 0.05) is 13.1 Å². The Kier molecular flexibility index (Phi) is 6.53. The zero-order valence-electron chi connectivity index (χ0n) is 16.4. The number of benzene rings is 1. The van der Waals surface area contributed by atoms with Gasteiger partial charge in [-0.3, -0.25) is 4.79 Å². The number of aryl methyl sites for hydroxylation is 1. The van der Waals surface area contributed by atoms with Gasteiger partial charge in [0.1, 0.15) is 9.79 Å². The minimum Gasteiger partial charge on any atom is -0.354 e. The lowest BCUT2D eigenvalue weighted by Gasteiger charge is -2.32. The third-order valence-electron chi connectivity index (χ3n) is 4.80. The molecular formula is C17H21ClN6O5S2. The van der Waals surface area contributed by atoms with E-state index in [9.17, 15) is 21.6 Å². The predicted molar refractivity (Wildman–Crippen MR) is 115 cm³/mol. The van der Waals surface area contributed by atoms with E-state index in [1.54, 1.807) is 0 Å². The van der Waals surface area contributed by atoms with Crippen LogP contribution in [0.25, 0.3) is 0 Å². The summed E-state index contributed by atoms with van der Waals surface area (Å²) in [4.78, 5) is 13.6. The van der Waals surface area contributed by atoms with Crippen LogP contribution in [0.15, 0.2) is 34.1 Å². The Morgan fingerprint density at radius 1 is 1.13 bits per heavy atom. The molecule has 0 aliphatic carbocycles. The third-order valence-corrected chi connectivity index (χ3v) is 7.13. The molecule has 1 atom stereocenters. The second kappa shape index (κ2) is 8.67. The number of hydrogen-bond donors (Lipinski definition) is 3. The summed E-state index contributed by atoms with van der Waals surface area (Å²) in [7, 11) is -8.70. The molecule has 3 rings (SSSR count). The van der Waals surface area contributed by atoms with Crippen LogP contribution in [0, 0.1) is 12.8 Å². The van der Waals surface area contributed by atoms with Crippen LogP contribution in [0.1, 0.15) is 18.5 Å². The maximum absolute atomic E-state index is 12.9. The number of nitrogens with zero attached hydrogens (tertiary/aromatic N) is 3. The first kappa shape index (κ1) is 23.3.